The number of ether oxygens (including phenoxy) is 3. The Morgan fingerprint density at radius 1 is 0.853 bits per heavy atom. The molecule has 0 saturated carbocycles. The van der Waals surface area contributed by atoms with Crippen LogP contribution in [0.2, 0.25) is 0 Å². The summed E-state index contributed by atoms with van der Waals surface area (Å²) >= 11 is 1.10. The average Bonchev–Trinajstić information content (AvgIpc) is 3.19. The largest absolute Gasteiger partial charge is 0.493 e. The fourth-order valence-electron chi connectivity index (χ4n) is 3.78. The highest BCUT2D eigenvalue weighted by Gasteiger charge is 2.33. The molecule has 6 heteroatoms. The van der Waals surface area contributed by atoms with Gasteiger partial charge in [-0.2, -0.15) is 0 Å². The van der Waals surface area contributed by atoms with Crippen LogP contribution >= 0.6 is 11.8 Å². The summed E-state index contributed by atoms with van der Waals surface area (Å²) in [6.07, 6.45) is 2.65. The van der Waals surface area contributed by atoms with E-state index < -0.39 is 5.25 Å². The molecule has 1 aliphatic rings. The average molecular weight is 477 g/mol. The van der Waals surface area contributed by atoms with Crippen molar-refractivity contribution >= 4 is 22.7 Å². The number of para-hydroxylation sites is 1. The number of hydrogen-bond acceptors (Lipinski definition) is 6. The van der Waals surface area contributed by atoms with Gasteiger partial charge in [0, 0.05) is 6.42 Å². The normalized spacial score (nSPS) is 15.4. The van der Waals surface area contributed by atoms with Gasteiger partial charge in [0.15, 0.2) is 10.9 Å². The first-order valence-corrected chi connectivity index (χ1v) is 12.4. The van der Waals surface area contributed by atoms with Crippen LogP contribution in [0.5, 0.6) is 23.0 Å². The lowest BCUT2D eigenvalue weighted by atomic mass is 10.1. The molecule has 5 nitrogen and oxygen atoms in total. The number of hydrogen-bond donors (Lipinski definition) is 0. The van der Waals surface area contributed by atoms with E-state index in [1.54, 1.807) is 0 Å². The lowest BCUT2D eigenvalue weighted by Crippen LogP contribution is -2.07. The molecule has 0 aliphatic carbocycles. The van der Waals surface area contributed by atoms with E-state index in [1.165, 1.54) is 0 Å². The third-order valence-electron chi connectivity index (χ3n) is 5.37. The summed E-state index contributed by atoms with van der Waals surface area (Å²) in [7, 11) is 0. The topological polar surface area (TPSA) is 61.8 Å². The van der Waals surface area contributed by atoms with Crippen molar-refractivity contribution in [3.8, 4) is 23.0 Å². The van der Waals surface area contributed by atoms with Crippen molar-refractivity contribution in [2.24, 2.45) is 0 Å². The second kappa shape index (κ2) is 11.7. The van der Waals surface area contributed by atoms with Crippen molar-refractivity contribution in [3.05, 3.63) is 83.9 Å². The molecule has 34 heavy (non-hydrogen) atoms. The summed E-state index contributed by atoms with van der Waals surface area (Å²) < 4.78 is 17.9. The molecule has 0 amide bonds. The van der Waals surface area contributed by atoms with E-state index in [-0.39, 0.29) is 17.3 Å². The van der Waals surface area contributed by atoms with E-state index in [0.717, 1.165) is 53.0 Å². The lowest BCUT2D eigenvalue weighted by Gasteiger charge is -2.14. The molecule has 0 aromatic heterocycles. The van der Waals surface area contributed by atoms with E-state index >= 15 is 0 Å². The highest BCUT2D eigenvalue weighted by atomic mass is 32.2. The first kappa shape index (κ1) is 23.9. The molecular formula is C28H28O5S. The smallest absolute Gasteiger partial charge is 0.197 e. The van der Waals surface area contributed by atoms with Crippen LogP contribution in [0.15, 0.2) is 72.8 Å². The molecule has 1 saturated heterocycles. The fourth-order valence-corrected chi connectivity index (χ4v) is 4.76. The van der Waals surface area contributed by atoms with Crippen LogP contribution in [0, 0.1) is 0 Å². The molecule has 0 spiro atoms. The van der Waals surface area contributed by atoms with Gasteiger partial charge >= 0.3 is 0 Å². The number of thioether (sulfide) groups is 1. The fraction of sp³-hybridized carbons (Fsp3) is 0.286. The van der Waals surface area contributed by atoms with Gasteiger partial charge < -0.3 is 14.2 Å². The van der Waals surface area contributed by atoms with Gasteiger partial charge in [-0.05, 0) is 60.0 Å². The van der Waals surface area contributed by atoms with Crippen molar-refractivity contribution in [2.75, 3.05) is 13.2 Å². The molecule has 1 heterocycles. The van der Waals surface area contributed by atoms with Gasteiger partial charge in [0.1, 0.15) is 23.0 Å². The number of ketones is 1. The predicted octanol–water partition coefficient (Wildman–Crippen LogP) is 6.55. The van der Waals surface area contributed by atoms with Crippen molar-refractivity contribution in [2.45, 2.75) is 37.9 Å². The van der Waals surface area contributed by atoms with E-state index in [2.05, 4.69) is 6.92 Å². The van der Waals surface area contributed by atoms with Crippen molar-refractivity contribution in [3.63, 3.8) is 0 Å². The third kappa shape index (κ3) is 6.41. The first-order valence-electron chi connectivity index (χ1n) is 11.6. The molecule has 0 bridgehead atoms. The molecule has 1 fully saturated rings. The Morgan fingerprint density at radius 3 is 2.41 bits per heavy atom. The summed E-state index contributed by atoms with van der Waals surface area (Å²) in [4.78, 5) is 23.5. The van der Waals surface area contributed by atoms with Crippen LogP contribution in [-0.2, 0) is 16.0 Å². The standard InChI is InChI=1S/C28H28O5S/c1-2-8-20-17-24(33-22-10-4-3-5-11-22)13-14-26(20)32-16-7-15-31-23-12-6-9-21(18-23)28-25(29)19-27(30)34-28/h3-6,9-14,17-18,28H,2,7-8,15-16,19H2,1H3. The highest BCUT2D eigenvalue weighted by Crippen LogP contribution is 2.39. The zero-order valence-corrected chi connectivity index (χ0v) is 20.0. The summed E-state index contributed by atoms with van der Waals surface area (Å²) in [5, 5.41) is -0.481. The van der Waals surface area contributed by atoms with Crippen LogP contribution < -0.4 is 14.2 Å². The minimum atomic E-state index is -0.412. The Bertz CT molecular complexity index is 1130. The highest BCUT2D eigenvalue weighted by molar-refractivity contribution is 8.15. The van der Waals surface area contributed by atoms with E-state index in [1.807, 2.05) is 72.8 Å². The van der Waals surface area contributed by atoms with Gasteiger partial charge in [0.05, 0.1) is 24.9 Å². The Hall–Kier alpha value is -3.25. The van der Waals surface area contributed by atoms with E-state index in [0.29, 0.717) is 25.4 Å². The van der Waals surface area contributed by atoms with E-state index in [4.69, 9.17) is 14.2 Å². The van der Waals surface area contributed by atoms with E-state index in [9.17, 15) is 9.59 Å². The Labute approximate surface area is 204 Å². The Morgan fingerprint density at radius 2 is 1.65 bits per heavy atom. The molecule has 0 radical (unpaired) electrons. The van der Waals surface area contributed by atoms with Crippen LogP contribution in [0.3, 0.4) is 0 Å². The van der Waals surface area contributed by atoms with Crippen molar-refractivity contribution < 1.29 is 23.8 Å². The number of carbonyl (C=O) groups excluding carboxylic acids is 2. The molecule has 1 aliphatic heterocycles. The van der Waals surface area contributed by atoms with Crippen molar-refractivity contribution in [1.29, 1.82) is 0 Å². The zero-order chi connectivity index (χ0) is 23.8. The molecule has 1 atom stereocenters. The maximum atomic E-state index is 12.0. The Kier molecular flexibility index (Phi) is 8.26. The molecule has 0 N–H and O–H groups in total. The van der Waals surface area contributed by atoms with Gasteiger partial charge in [-0.1, -0.05) is 55.4 Å². The lowest BCUT2D eigenvalue weighted by molar-refractivity contribution is -0.121. The Balaban J connectivity index is 1.28. The molecule has 3 aromatic rings. The van der Waals surface area contributed by atoms with Crippen LogP contribution in [0.4, 0.5) is 0 Å². The number of carbonyl (C=O) groups is 2. The van der Waals surface area contributed by atoms with Crippen LogP contribution in [0.1, 0.15) is 42.6 Å². The molecule has 4 rings (SSSR count). The SMILES string of the molecule is CCCc1cc(Oc2ccccc2)ccc1OCCCOc1cccc(C2SC(=O)CC2=O)c1. The number of rotatable bonds is 11. The first-order chi connectivity index (χ1) is 16.6. The second-order valence-corrected chi connectivity index (χ2v) is 9.23. The van der Waals surface area contributed by atoms with Gasteiger partial charge in [-0.3, -0.25) is 9.59 Å². The minimum Gasteiger partial charge on any atom is -0.493 e. The van der Waals surface area contributed by atoms with Gasteiger partial charge in [0.2, 0.25) is 0 Å². The van der Waals surface area contributed by atoms with Crippen LogP contribution in [0.25, 0.3) is 0 Å². The molecular weight excluding hydrogens is 448 g/mol. The second-order valence-electron chi connectivity index (χ2n) is 8.07. The molecule has 3 aromatic carbocycles. The minimum absolute atomic E-state index is 0.0110. The summed E-state index contributed by atoms with van der Waals surface area (Å²) in [6, 6.07) is 23.1. The van der Waals surface area contributed by atoms with Gasteiger partial charge in [0.25, 0.3) is 0 Å². The predicted molar refractivity (Wildman–Crippen MR) is 134 cm³/mol. The van der Waals surface area contributed by atoms with Crippen molar-refractivity contribution in [1.82, 2.24) is 0 Å². The number of Topliss-reactive ketones (excluding diaryl/α,β-unsaturated/α-hetero) is 1. The third-order valence-corrected chi connectivity index (χ3v) is 6.54. The maximum absolute atomic E-state index is 12.0. The number of aryl methyl sites for hydroxylation is 1. The monoisotopic (exact) mass is 476 g/mol. The van der Waals surface area contributed by atoms with Crippen LogP contribution in [-0.4, -0.2) is 24.1 Å². The quantitative estimate of drug-likeness (QED) is 0.231. The van der Waals surface area contributed by atoms with Gasteiger partial charge in [-0.15, -0.1) is 0 Å². The molecule has 176 valence electrons. The summed E-state index contributed by atoms with van der Waals surface area (Å²) in [6.45, 7) is 3.16. The maximum Gasteiger partial charge on any atom is 0.197 e. The summed E-state index contributed by atoms with van der Waals surface area (Å²) in [5.74, 6) is 3.13. The zero-order valence-electron chi connectivity index (χ0n) is 19.2. The summed E-state index contributed by atoms with van der Waals surface area (Å²) in [5.41, 5.74) is 1.94. The van der Waals surface area contributed by atoms with Gasteiger partial charge in [-0.25, -0.2) is 0 Å². The number of benzene rings is 3. The molecule has 1 unspecified atom stereocenters.